The quantitative estimate of drug-likeness (QED) is 0.406. The number of amides is 1. The van der Waals surface area contributed by atoms with Crippen LogP contribution in [0, 0.1) is 0 Å². The number of carbonyl (C=O) groups is 1. The van der Waals surface area contributed by atoms with Gasteiger partial charge in [0.2, 0.25) is 5.91 Å². The number of nitrogens with one attached hydrogen (secondary N) is 1. The number of hydrogen-bond donors (Lipinski definition) is 2. The molecule has 168 valence electrons. The molecule has 0 aliphatic carbocycles. The van der Waals surface area contributed by atoms with E-state index in [0.29, 0.717) is 10.0 Å². The third-order valence-corrected chi connectivity index (χ3v) is 8.34. The average molecular weight is 508 g/mol. The molecular weight excluding hydrogens is 483 g/mol. The molecule has 5 nitrogen and oxygen atoms in total. The Labute approximate surface area is 206 Å². The maximum Gasteiger partial charge on any atom is 0.217 e. The van der Waals surface area contributed by atoms with E-state index in [-0.39, 0.29) is 17.3 Å². The summed E-state index contributed by atoms with van der Waals surface area (Å²) in [6.07, 6.45) is 1.75. The van der Waals surface area contributed by atoms with Crippen LogP contribution in [0.2, 0.25) is 10.0 Å². The van der Waals surface area contributed by atoms with Gasteiger partial charge in [-0.15, -0.1) is 11.3 Å². The molecule has 3 N–H and O–H groups in total. The third kappa shape index (κ3) is 5.97. The van der Waals surface area contributed by atoms with Gasteiger partial charge in [-0.3, -0.25) is 9.69 Å². The van der Waals surface area contributed by atoms with Crippen LogP contribution in [-0.2, 0) is 11.3 Å². The van der Waals surface area contributed by atoms with Crippen molar-refractivity contribution >= 4 is 57.9 Å². The third-order valence-electron chi connectivity index (χ3n) is 5.34. The predicted molar refractivity (Wildman–Crippen MR) is 135 cm³/mol. The van der Waals surface area contributed by atoms with Crippen molar-refractivity contribution in [3.8, 4) is 11.3 Å². The summed E-state index contributed by atoms with van der Waals surface area (Å²) in [5, 5.41) is 6.45. The Hall–Kier alpha value is -1.77. The lowest BCUT2D eigenvalue weighted by Crippen LogP contribution is -2.47. The van der Waals surface area contributed by atoms with E-state index < -0.39 is 0 Å². The molecule has 0 radical (unpaired) electrons. The van der Waals surface area contributed by atoms with Crippen molar-refractivity contribution in [2.24, 2.45) is 0 Å². The van der Waals surface area contributed by atoms with Crippen LogP contribution in [0.15, 0.2) is 52.2 Å². The lowest BCUT2D eigenvalue weighted by atomic mass is 10.0. The summed E-state index contributed by atoms with van der Waals surface area (Å²) < 4.78 is 0.995. The van der Waals surface area contributed by atoms with Crippen LogP contribution < -0.4 is 11.1 Å². The van der Waals surface area contributed by atoms with Gasteiger partial charge >= 0.3 is 0 Å². The molecule has 2 heterocycles. The molecule has 1 aromatic heterocycles. The Morgan fingerprint density at radius 3 is 2.88 bits per heavy atom. The van der Waals surface area contributed by atoms with E-state index in [1.165, 1.54) is 0 Å². The standard InChI is InChI=1S/C23H24Cl2N4OS2/c1-14(30)27-18-7-8-29(12-15-5-6-19(24)20(25)9-15)22(11-18)32-23-28-21(13-31-23)16-3-2-4-17(26)10-16/h2-6,9-10,13,18,22H,7-8,11-12,26H2,1H3,(H,27,30). The van der Waals surface area contributed by atoms with Gasteiger partial charge in [0.05, 0.1) is 21.1 Å². The van der Waals surface area contributed by atoms with Crippen LogP contribution >= 0.6 is 46.3 Å². The topological polar surface area (TPSA) is 71.2 Å². The molecule has 0 spiro atoms. The Morgan fingerprint density at radius 2 is 2.12 bits per heavy atom. The van der Waals surface area contributed by atoms with Gasteiger partial charge in [0.1, 0.15) is 0 Å². The Balaban J connectivity index is 1.52. The maximum absolute atomic E-state index is 11.6. The van der Waals surface area contributed by atoms with E-state index in [4.69, 9.17) is 33.9 Å². The molecule has 32 heavy (non-hydrogen) atoms. The molecule has 0 bridgehead atoms. The second-order valence-electron chi connectivity index (χ2n) is 7.84. The zero-order valence-electron chi connectivity index (χ0n) is 17.6. The summed E-state index contributed by atoms with van der Waals surface area (Å²) in [5.41, 5.74) is 9.71. The fourth-order valence-corrected chi connectivity index (χ4v) is 6.44. The number of carbonyl (C=O) groups excluding carboxylic acids is 1. The highest BCUT2D eigenvalue weighted by molar-refractivity contribution is 8.01. The highest BCUT2D eigenvalue weighted by Crippen LogP contribution is 2.37. The van der Waals surface area contributed by atoms with Gasteiger partial charge < -0.3 is 11.1 Å². The van der Waals surface area contributed by atoms with Gasteiger partial charge in [-0.05, 0) is 42.7 Å². The number of anilines is 1. The number of halogens is 2. The smallest absolute Gasteiger partial charge is 0.217 e. The molecule has 1 fully saturated rings. The summed E-state index contributed by atoms with van der Waals surface area (Å²) >= 11 is 15.7. The molecule has 4 rings (SSSR count). The first kappa shape index (κ1) is 23.4. The number of likely N-dealkylation sites (tertiary alicyclic amines) is 1. The molecule has 2 aromatic carbocycles. The molecule has 2 atom stereocenters. The van der Waals surface area contributed by atoms with Crippen molar-refractivity contribution in [3.05, 3.63) is 63.5 Å². The number of benzene rings is 2. The fourth-order valence-electron chi connectivity index (χ4n) is 3.83. The maximum atomic E-state index is 11.6. The molecular formula is C23H24Cl2N4OS2. The number of rotatable bonds is 6. The van der Waals surface area contributed by atoms with E-state index in [1.807, 2.05) is 42.5 Å². The lowest BCUT2D eigenvalue weighted by molar-refractivity contribution is -0.120. The van der Waals surface area contributed by atoms with Crippen molar-refractivity contribution in [1.82, 2.24) is 15.2 Å². The number of nitrogen functional groups attached to an aromatic ring is 1. The highest BCUT2D eigenvalue weighted by atomic mass is 35.5. The SMILES string of the molecule is CC(=O)NC1CCN(Cc2ccc(Cl)c(Cl)c2)C(Sc2nc(-c3cccc(N)c3)cs2)C1. The van der Waals surface area contributed by atoms with Crippen molar-refractivity contribution in [3.63, 3.8) is 0 Å². The van der Waals surface area contributed by atoms with Crippen molar-refractivity contribution < 1.29 is 4.79 Å². The molecule has 1 aliphatic rings. The molecule has 2 unspecified atom stereocenters. The summed E-state index contributed by atoms with van der Waals surface area (Å²) in [6.45, 7) is 3.20. The van der Waals surface area contributed by atoms with Crippen LogP contribution in [0.3, 0.4) is 0 Å². The molecule has 1 aliphatic heterocycles. The van der Waals surface area contributed by atoms with Gasteiger partial charge in [-0.1, -0.05) is 53.2 Å². The minimum atomic E-state index is 0.00915. The summed E-state index contributed by atoms with van der Waals surface area (Å²) in [4.78, 5) is 18.9. The van der Waals surface area contributed by atoms with Gasteiger partial charge in [-0.2, -0.15) is 0 Å². The second kappa shape index (κ2) is 10.4. The highest BCUT2D eigenvalue weighted by Gasteiger charge is 2.30. The van der Waals surface area contributed by atoms with E-state index in [2.05, 4.69) is 15.6 Å². The molecule has 9 heteroatoms. The largest absolute Gasteiger partial charge is 0.399 e. The van der Waals surface area contributed by atoms with Crippen LogP contribution in [-0.4, -0.2) is 33.8 Å². The van der Waals surface area contributed by atoms with Crippen LogP contribution in [0.25, 0.3) is 11.3 Å². The van der Waals surface area contributed by atoms with Crippen molar-refractivity contribution in [2.45, 2.75) is 42.1 Å². The molecule has 3 aromatic rings. The lowest BCUT2D eigenvalue weighted by Gasteiger charge is -2.39. The Bertz CT molecular complexity index is 1110. The van der Waals surface area contributed by atoms with Gasteiger partial charge in [-0.25, -0.2) is 4.98 Å². The number of thioether (sulfide) groups is 1. The summed E-state index contributed by atoms with van der Waals surface area (Å²) in [7, 11) is 0. The molecule has 1 amide bonds. The van der Waals surface area contributed by atoms with E-state index >= 15 is 0 Å². The van der Waals surface area contributed by atoms with E-state index in [1.54, 1.807) is 30.0 Å². The Morgan fingerprint density at radius 1 is 1.28 bits per heavy atom. The van der Waals surface area contributed by atoms with E-state index in [9.17, 15) is 4.79 Å². The molecule has 0 saturated carbocycles. The fraction of sp³-hybridized carbons (Fsp3) is 0.304. The first-order valence-corrected chi connectivity index (χ1v) is 12.8. The monoisotopic (exact) mass is 506 g/mol. The van der Waals surface area contributed by atoms with Gasteiger partial charge in [0.25, 0.3) is 0 Å². The van der Waals surface area contributed by atoms with Crippen LogP contribution in [0.5, 0.6) is 0 Å². The normalized spacial score (nSPS) is 19.1. The molecule has 1 saturated heterocycles. The van der Waals surface area contributed by atoms with Crippen molar-refractivity contribution in [2.75, 3.05) is 12.3 Å². The predicted octanol–water partition coefficient (Wildman–Crippen LogP) is 5.92. The van der Waals surface area contributed by atoms with Gasteiger partial charge in [0, 0.05) is 42.7 Å². The first-order chi connectivity index (χ1) is 15.4. The van der Waals surface area contributed by atoms with Gasteiger partial charge in [0.15, 0.2) is 4.34 Å². The van der Waals surface area contributed by atoms with Crippen LogP contribution in [0.4, 0.5) is 5.69 Å². The number of hydrogen-bond acceptors (Lipinski definition) is 6. The van der Waals surface area contributed by atoms with Crippen molar-refractivity contribution in [1.29, 1.82) is 0 Å². The minimum absolute atomic E-state index is 0.00915. The van der Waals surface area contributed by atoms with E-state index in [0.717, 1.165) is 52.8 Å². The number of nitrogens with zero attached hydrogens (tertiary/aromatic N) is 2. The first-order valence-electron chi connectivity index (χ1n) is 10.3. The average Bonchev–Trinajstić information content (AvgIpc) is 3.21. The number of nitrogens with two attached hydrogens (primary N) is 1. The van der Waals surface area contributed by atoms with Crippen LogP contribution in [0.1, 0.15) is 25.3 Å². The number of thiazole rings is 1. The zero-order valence-corrected chi connectivity index (χ0v) is 20.7. The summed E-state index contributed by atoms with van der Waals surface area (Å²) in [6, 6.07) is 13.7. The summed E-state index contributed by atoms with van der Waals surface area (Å²) in [5.74, 6) is 0.00915. The zero-order chi connectivity index (χ0) is 22.7. The second-order valence-corrected chi connectivity index (χ2v) is 10.9. The Kier molecular flexibility index (Phi) is 7.63. The minimum Gasteiger partial charge on any atom is -0.399 e. The number of piperidine rings is 1. The number of aromatic nitrogens is 1.